The van der Waals surface area contributed by atoms with Gasteiger partial charge in [-0.15, -0.1) is 0 Å². The summed E-state index contributed by atoms with van der Waals surface area (Å²) in [5, 5.41) is 6.79. The summed E-state index contributed by atoms with van der Waals surface area (Å²) in [6.45, 7) is 11.5. The van der Waals surface area contributed by atoms with Crippen LogP contribution in [0.3, 0.4) is 0 Å². The number of carbonyl (C=O) groups is 1. The molecule has 1 fully saturated rings. The van der Waals surface area contributed by atoms with E-state index in [0.717, 1.165) is 30.6 Å². The Labute approximate surface area is 152 Å². The largest absolute Gasteiger partial charge is 0.493 e. The van der Waals surface area contributed by atoms with Gasteiger partial charge in [0.25, 0.3) is 0 Å². The highest BCUT2D eigenvalue weighted by Crippen LogP contribution is 2.28. The predicted octanol–water partition coefficient (Wildman–Crippen LogP) is 3.91. The molecule has 0 atom stereocenters. The maximum Gasteiger partial charge on any atom is 0.244 e. The average molecular weight is 344 g/mol. The summed E-state index contributed by atoms with van der Waals surface area (Å²) in [6.07, 6.45) is 6.24. The molecule has 4 nitrogen and oxygen atoms in total. The zero-order valence-corrected chi connectivity index (χ0v) is 16.2. The minimum Gasteiger partial charge on any atom is -0.493 e. The molecule has 0 saturated carbocycles. The van der Waals surface area contributed by atoms with E-state index in [0.29, 0.717) is 6.61 Å². The number of carbonyl (C=O) groups excluding carboxylic acids is 1. The van der Waals surface area contributed by atoms with Crippen molar-refractivity contribution in [3.8, 4) is 5.75 Å². The van der Waals surface area contributed by atoms with Gasteiger partial charge < -0.3 is 15.4 Å². The van der Waals surface area contributed by atoms with Gasteiger partial charge >= 0.3 is 0 Å². The van der Waals surface area contributed by atoms with Crippen LogP contribution in [0, 0.1) is 0 Å². The third-order valence-electron chi connectivity index (χ3n) is 4.33. The summed E-state index contributed by atoms with van der Waals surface area (Å²) in [6, 6.07) is 7.97. The van der Waals surface area contributed by atoms with Gasteiger partial charge in [-0.2, -0.15) is 0 Å². The highest BCUT2D eigenvalue weighted by molar-refractivity contribution is 5.92. The van der Waals surface area contributed by atoms with E-state index in [9.17, 15) is 4.79 Å². The number of rotatable bonds is 6. The van der Waals surface area contributed by atoms with Gasteiger partial charge in [0.1, 0.15) is 5.75 Å². The molecule has 0 unspecified atom stereocenters. The molecule has 1 heterocycles. The van der Waals surface area contributed by atoms with Crippen molar-refractivity contribution < 1.29 is 9.53 Å². The molecule has 1 aliphatic rings. The second-order valence-electron chi connectivity index (χ2n) is 8.23. The average Bonchev–Trinajstić information content (AvgIpc) is 2.48. The van der Waals surface area contributed by atoms with Crippen molar-refractivity contribution in [3.63, 3.8) is 0 Å². The first kappa shape index (κ1) is 19.5. The van der Waals surface area contributed by atoms with Gasteiger partial charge in [-0.05, 0) is 59.1 Å². The Morgan fingerprint density at radius 1 is 1.24 bits per heavy atom. The van der Waals surface area contributed by atoms with E-state index in [-0.39, 0.29) is 23.0 Å². The van der Waals surface area contributed by atoms with Gasteiger partial charge in [-0.3, -0.25) is 4.79 Å². The van der Waals surface area contributed by atoms with Gasteiger partial charge in [0.15, 0.2) is 0 Å². The lowest BCUT2D eigenvalue weighted by Crippen LogP contribution is -2.62. The summed E-state index contributed by atoms with van der Waals surface area (Å²) in [7, 11) is 0. The highest BCUT2D eigenvalue weighted by Gasteiger charge is 2.37. The monoisotopic (exact) mass is 344 g/mol. The number of hydrogen-bond acceptors (Lipinski definition) is 3. The molecule has 1 aromatic carbocycles. The third-order valence-corrected chi connectivity index (χ3v) is 4.33. The fourth-order valence-electron chi connectivity index (χ4n) is 3.80. The Bertz CT molecular complexity index is 604. The number of amides is 1. The van der Waals surface area contributed by atoms with Gasteiger partial charge in [-0.1, -0.05) is 25.1 Å². The summed E-state index contributed by atoms with van der Waals surface area (Å²) in [4.78, 5) is 12.4. The maximum absolute atomic E-state index is 12.4. The minimum atomic E-state index is -0.0520. The number of piperidine rings is 1. The smallest absolute Gasteiger partial charge is 0.244 e. The molecule has 2 rings (SSSR count). The summed E-state index contributed by atoms with van der Waals surface area (Å²) in [5.74, 6) is 0.765. The zero-order chi connectivity index (χ0) is 18.5. The Morgan fingerprint density at radius 3 is 2.52 bits per heavy atom. The van der Waals surface area contributed by atoms with Crippen LogP contribution in [-0.2, 0) is 4.79 Å². The lowest BCUT2D eigenvalue weighted by Gasteiger charge is -2.46. The fourth-order valence-corrected chi connectivity index (χ4v) is 3.80. The van der Waals surface area contributed by atoms with Crippen LogP contribution in [0.5, 0.6) is 5.75 Å². The van der Waals surface area contributed by atoms with Gasteiger partial charge in [0.2, 0.25) is 5.91 Å². The molecule has 1 saturated heterocycles. The van der Waals surface area contributed by atoms with E-state index < -0.39 is 0 Å². The third kappa shape index (κ3) is 6.20. The first-order valence-corrected chi connectivity index (χ1v) is 9.20. The molecule has 0 aromatic heterocycles. The van der Waals surface area contributed by atoms with Crippen molar-refractivity contribution in [2.75, 3.05) is 6.61 Å². The molecule has 1 aromatic rings. The standard InChI is InChI=1S/C21H32N2O2/c1-6-13-25-18-10-8-7-9-16(18)11-12-19(24)22-17-14-20(2,3)23-21(4,5)15-17/h7-12,17,23H,6,13-15H2,1-5H3,(H,22,24)/b12-11+. The molecule has 25 heavy (non-hydrogen) atoms. The number of para-hydroxylation sites is 1. The van der Waals surface area contributed by atoms with Crippen LogP contribution in [0.2, 0.25) is 0 Å². The van der Waals surface area contributed by atoms with Crippen LogP contribution in [0.1, 0.15) is 59.4 Å². The van der Waals surface area contributed by atoms with Crippen LogP contribution in [0.15, 0.2) is 30.3 Å². The molecule has 2 N–H and O–H groups in total. The molecule has 0 aliphatic carbocycles. The summed E-state index contributed by atoms with van der Waals surface area (Å²) < 4.78 is 5.73. The van der Waals surface area contributed by atoms with Crippen molar-refractivity contribution in [3.05, 3.63) is 35.9 Å². The van der Waals surface area contributed by atoms with E-state index >= 15 is 0 Å². The first-order valence-electron chi connectivity index (χ1n) is 9.20. The molecular formula is C21H32N2O2. The number of nitrogens with one attached hydrogen (secondary N) is 2. The van der Waals surface area contributed by atoms with Crippen molar-refractivity contribution in [1.82, 2.24) is 10.6 Å². The van der Waals surface area contributed by atoms with E-state index in [1.165, 1.54) is 0 Å². The Balaban J connectivity index is 1.99. The molecule has 138 valence electrons. The molecular weight excluding hydrogens is 312 g/mol. The first-order chi connectivity index (χ1) is 11.7. The molecule has 0 radical (unpaired) electrons. The van der Waals surface area contributed by atoms with Crippen LogP contribution >= 0.6 is 0 Å². The maximum atomic E-state index is 12.4. The summed E-state index contributed by atoms with van der Waals surface area (Å²) in [5.41, 5.74) is 0.964. The molecule has 4 heteroatoms. The molecule has 0 bridgehead atoms. The van der Waals surface area contributed by atoms with E-state index in [4.69, 9.17) is 4.74 Å². The van der Waals surface area contributed by atoms with Crippen LogP contribution < -0.4 is 15.4 Å². The van der Waals surface area contributed by atoms with Crippen molar-refractivity contribution in [1.29, 1.82) is 0 Å². The van der Waals surface area contributed by atoms with Gasteiger partial charge in [0, 0.05) is 28.8 Å². The van der Waals surface area contributed by atoms with Gasteiger partial charge in [-0.25, -0.2) is 0 Å². The Morgan fingerprint density at radius 2 is 1.88 bits per heavy atom. The Hall–Kier alpha value is -1.81. The number of ether oxygens (including phenoxy) is 1. The molecule has 1 aliphatic heterocycles. The van der Waals surface area contributed by atoms with E-state index in [1.807, 2.05) is 30.3 Å². The lowest BCUT2D eigenvalue weighted by molar-refractivity contribution is -0.117. The molecule has 1 amide bonds. The zero-order valence-electron chi connectivity index (χ0n) is 16.2. The predicted molar refractivity (Wildman–Crippen MR) is 104 cm³/mol. The quantitative estimate of drug-likeness (QED) is 0.769. The fraction of sp³-hybridized carbons (Fsp3) is 0.571. The number of benzene rings is 1. The second kappa shape index (κ2) is 8.05. The normalized spacial score (nSPS) is 19.7. The Kier molecular flexibility index (Phi) is 6.28. The number of hydrogen-bond donors (Lipinski definition) is 2. The molecule has 0 spiro atoms. The van der Waals surface area contributed by atoms with Crippen molar-refractivity contribution >= 4 is 12.0 Å². The minimum absolute atomic E-state index is 0.0179. The van der Waals surface area contributed by atoms with E-state index in [1.54, 1.807) is 6.08 Å². The summed E-state index contributed by atoms with van der Waals surface area (Å²) >= 11 is 0. The highest BCUT2D eigenvalue weighted by atomic mass is 16.5. The SMILES string of the molecule is CCCOc1ccccc1/C=C/C(=O)NC1CC(C)(C)NC(C)(C)C1. The van der Waals surface area contributed by atoms with Crippen LogP contribution in [-0.4, -0.2) is 29.6 Å². The lowest BCUT2D eigenvalue weighted by atomic mass is 9.79. The van der Waals surface area contributed by atoms with Crippen molar-refractivity contribution in [2.45, 2.75) is 71.0 Å². The van der Waals surface area contributed by atoms with E-state index in [2.05, 4.69) is 45.3 Å². The van der Waals surface area contributed by atoms with Crippen LogP contribution in [0.4, 0.5) is 0 Å². The van der Waals surface area contributed by atoms with Crippen LogP contribution in [0.25, 0.3) is 6.08 Å². The van der Waals surface area contributed by atoms with Crippen molar-refractivity contribution in [2.24, 2.45) is 0 Å². The topological polar surface area (TPSA) is 50.4 Å². The van der Waals surface area contributed by atoms with Gasteiger partial charge in [0.05, 0.1) is 6.61 Å². The second-order valence-corrected chi connectivity index (χ2v) is 8.23.